The number of para-hydroxylation sites is 2. The van der Waals surface area contributed by atoms with Crippen molar-refractivity contribution in [2.24, 2.45) is 5.92 Å². The average Bonchev–Trinajstić information content (AvgIpc) is 3.29. The third kappa shape index (κ3) is 6.57. The number of nitrogens with zero attached hydrogens (tertiary/aromatic N) is 1. The van der Waals surface area contributed by atoms with Gasteiger partial charge in [-0.25, -0.2) is 9.78 Å². The topological polar surface area (TPSA) is 114 Å². The SMILES string of the molecule is O=C(N[C@@H](Cc1ccc(OCCCCC2CCNCC2)cc1)C(=O)O)c1nc2ccccc2o1. The first-order valence-corrected chi connectivity index (χ1v) is 11.9. The molecule has 34 heavy (non-hydrogen) atoms. The third-order valence-electron chi connectivity index (χ3n) is 6.19. The number of unbranched alkanes of at least 4 members (excludes halogenated alkanes) is 1. The van der Waals surface area contributed by atoms with E-state index in [0.717, 1.165) is 36.7 Å². The van der Waals surface area contributed by atoms with Crippen LogP contribution in [0.4, 0.5) is 0 Å². The number of ether oxygens (including phenoxy) is 1. The lowest BCUT2D eigenvalue weighted by Gasteiger charge is -2.22. The van der Waals surface area contributed by atoms with Gasteiger partial charge in [0, 0.05) is 6.42 Å². The molecule has 4 rings (SSSR count). The van der Waals surface area contributed by atoms with E-state index in [-0.39, 0.29) is 12.3 Å². The summed E-state index contributed by atoms with van der Waals surface area (Å²) >= 11 is 0. The Bertz CT molecular complexity index is 1060. The summed E-state index contributed by atoms with van der Waals surface area (Å²) in [5.74, 6) is -0.346. The Labute approximate surface area is 198 Å². The Balaban J connectivity index is 1.24. The molecule has 180 valence electrons. The molecule has 8 heteroatoms. The highest BCUT2D eigenvalue weighted by Gasteiger charge is 2.24. The molecule has 0 bridgehead atoms. The summed E-state index contributed by atoms with van der Waals surface area (Å²) in [5, 5.41) is 15.5. The van der Waals surface area contributed by atoms with Crippen LogP contribution in [0.3, 0.4) is 0 Å². The van der Waals surface area contributed by atoms with Gasteiger partial charge in [-0.15, -0.1) is 0 Å². The van der Waals surface area contributed by atoms with Gasteiger partial charge in [0.1, 0.15) is 17.3 Å². The van der Waals surface area contributed by atoms with Crippen LogP contribution in [0.5, 0.6) is 5.75 Å². The van der Waals surface area contributed by atoms with Gasteiger partial charge >= 0.3 is 11.9 Å². The first-order chi connectivity index (χ1) is 16.6. The third-order valence-corrected chi connectivity index (χ3v) is 6.19. The van der Waals surface area contributed by atoms with Crippen LogP contribution in [-0.4, -0.2) is 47.7 Å². The van der Waals surface area contributed by atoms with Gasteiger partial charge in [0.2, 0.25) is 0 Å². The second-order valence-electron chi connectivity index (χ2n) is 8.74. The van der Waals surface area contributed by atoms with Crippen molar-refractivity contribution in [3.05, 3.63) is 60.0 Å². The fraction of sp³-hybridized carbons (Fsp3) is 0.423. The summed E-state index contributed by atoms with van der Waals surface area (Å²) in [4.78, 5) is 28.3. The zero-order valence-electron chi connectivity index (χ0n) is 19.2. The van der Waals surface area contributed by atoms with E-state index in [1.165, 1.54) is 25.7 Å². The number of piperidine rings is 1. The number of carboxylic acids is 1. The minimum atomic E-state index is -1.13. The smallest absolute Gasteiger partial charge is 0.326 e. The molecule has 0 spiro atoms. The van der Waals surface area contributed by atoms with Crippen LogP contribution in [0.2, 0.25) is 0 Å². The first-order valence-electron chi connectivity index (χ1n) is 11.9. The van der Waals surface area contributed by atoms with Gasteiger partial charge in [0.05, 0.1) is 6.61 Å². The van der Waals surface area contributed by atoms with Gasteiger partial charge in [0.25, 0.3) is 5.89 Å². The fourth-order valence-corrected chi connectivity index (χ4v) is 4.24. The van der Waals surface area contributed by atoms with Crippen LogP contribution in [0.25, 0.3) is 11.1 Å². The van der Waals surface area contributed by atoms with Gasteiger partial charge in [-0.3, -0.25) is 4.79 Å². The number of hydrogen-bond acceptors (Lipinski definition) is 6. The van der Waals surface area contributed by atoms with E-state index in [2.05, 4.69) is 15.6 Å². The summed E-state index contributed by atoms with van der Waals surface area (Å²) in [6.45, 7) is 2.94. The number of oxazole rings is 1. The van der Waals surface area contributed by atoms with Crippen LogP contribution in [0.15, 0.2) is 52.9 Å². The molecule has 1 atom stereocenters. The van der Waals surface area contributed by atoms with Crippen molar-refractivity contribution < 1.29 is 23.8 Å². The standard InChI is InChI=1S/C26H31N3O5/c30-24(25-29-21-6-1-2-7-23(21)34-25)28-22(26(31)32)17-19-8-10-20(11-9-19)33-16-4-3-5-18-12-14-27-15-13-18/h1-2,6-11,18,22,27H,3-5,12-17H2,(H,28,30)(H,31,32)/t22-/m0/s1. The highest BCUT2D eigenvalue weighted by molar-refractivity contribution is 5.94. The molecule has 0 radical (unpaired) electrons. The molecular weight excluding hydrogens is 434 g/mol. The van der Waals surface area contributed by atoms with E-state index in [1.54, 1.807) is 24.3 Å². The molecule has 0 saturated carbocycles. The predicted molar refractivity (Wildman–Crippen MR) is 128 cm³/mol. The van der Waals surface area contributed by atoms with Crippen molar-refractivity contribution in [3.63, 3.8) is 0 Å². The van der Waals surface area contributed by atoms with E-state index >= 15 is 0 Å². The van der Waals surface area contributed by atoms with Crippen LogP contribution in [0, 0.1) is 5.92 Å². The quantitative estimate of drug-likeness (QED) is 0.369. The number of carbonyl (C=O) groups excluding carboxylic acids is 1. The molecule has 2 heterocycles. The van der Waals surface area contributed by atoms with Crippen molar-refractivity contribution >= 4 is 23.0 Å². The molecule has 1 fully saturated rings. The minimum Gasteiger partial charge on any atom is -0.494 e. The second-order valence-corrected chi connectivity index (χ2v) is 8.74. The monoisotopic (exact) mass is 465 g/mol. The number of hydrogen-bond donors (Lipinski definition) is 3. The first kappa shape index (κ1) is 23.8. The Kier molecular flexibility index (Phi) is 8.14. The van der Waals surface area contributed by atoms with Gasteiger partial charge in [-0.1, -0.05) is 30.7 Å². The second kappa shape index (κ2) is 11.7. The minimum absolute atomic E-state index is 0.137. The molecule has 3 N–H and O–H groups in total. The maximum Gasteiger partial charge on any atom is 0.326 e. The molecule has 1 aromatic heterocycles. The van der Waals surface area contributed by atoms with E-state index in [0.29, 0.717) is 17.7 Å². The van der Waals surface area contributed by atoms with Crippen LogP contribution >= 0.6 is 0 Å². The zero-order chi connectivity index (χ0) is 23.8. The number of aromatic nitrogens is 1. The summed E-state index contributed by atoms with van der Waals surface area (Å²) < 4.78 is 11.3. The molecular formula is C26H31N3O5. The van der Waals surface area contributed by atoms with Gasteiger partial charge in [-0.2, -0.15) is 0 Å². The zero-order valence-corrected chi connectivity index (χ0v) is 19.2. The van der Waals surface area contributed by atoms with Crippen molar-refractivity contribution in [2.45, 2.75) is 44.6 Å². The van der Waals surface area contributed by atoms with E-state index < -0.39 is 17.9 Å². The molecule has 2 aromatic carbocycles. The Morgan fingerprint density at radius 3 is 2.62 bits per heavy atom. The Hall–Kier alpha value is -3.39. The summed E-state index contributed by atoms with van der Waals surface area (Å²) in [6.07, 6.45) is 6.13. The summed E-state index contributed by atoms with van der Waals surface area (Å²) in [6, 6.07) is 13.2. The van der Waals surface area contributed by atoms with Gasteiger partial charge < -0.3 is 24.9 Å². The molecule has 8 nitrogen and oxygen atoms in total. The largest absolute Gasteiger partial charge is 0.494 e. The lowest BCUT2D eigenvalue weighted by atomic mass is 9.93. The van der Waals surface area contributed by atoms with Crippen molar-refractivity contribution in [1.29, 1.82) is 0 Å². The van der Waals surface area contributed by atoms with Crippen LogP contribution < -0.4 is 15.4 Å². The summed E-state index contributed by atoms with van der Waals surface area (Å²) in [5.41, 5.74) is 1.80. The molecule has 0 aliphatic carbocycles. The highest BCUT2D eigenvalue weighted by Crippen LogP contribution is 2.20. The molecule has 1 saturated heterocycles. The predicted octanol–water partition coefficient (Wildman–Crippen LogP) is 3.80. The van der Waals surface area contributed by atoms with Crippen molar-refractivity contribution in [2.75, 3.05) is 19.7 Å². The van der Waals surface area contributed by atoms with E-state index in [4.69, 9.17) is 9.15 Å². The highest BCUT2D eigenvalue weighted by atomic mass is 16.5. The maximum absolute atomic E-state index is 12.5. The molecule has 0 unspecified atom stereocenters. The normalized spacial score (nSPS) is 15.2. The summed E-state index contributed by atoms with van der Waals surface area (Å²) in [7, 11) is 0. The van der Waals surface area contributed by atoms with Crippen LogP contribution in [0.1, 0.15) is 48.4 Å². The average molecular weight is 466 g/mol. The van der Waals surface area contributed by atoms with Crippen molar-refractivity contribution in [1.82, 2.24) is 15.6 Å². The number of amides is 1. The Morgan fingerprint density at radius 1 is 1.12 bits per heavy atom. The lowest BCUT2D eigenvalue weighted by Crippen LogP contribution is -2.42. The van der Waals surface area contributed by atoms with E-state index in [9.17, 15) is 14.7 Å². The van der Waals surface area contributed by atoms with Crippen LogP contribution in [-0.2, 0) is 11.2 Å². The fourth-order valence-electron chi connectivity index (χ4n) is 4.24. The lowest BCUT2D eigenvalue weighted by molar-refractivity contribution is -0.139. The maximum atomic E-state index is 12.5. The van der Waals surface area contributed by atoms with Gasteiger partial charge in [-0.05, 0) is 74.5 Å². The van der Waals surface area contributed by atoms with Gasteiger partial charge in [0.15, 0.2) is 5.58 Å². The number of aliphatic carboxylic acids is 1. The molecule has 1 aliphatic rings. The number of nitrogens with one attached hydrogen (secondary N) is 2. The number of fused-ring (bicyclic) bond motifs is 1. The number of carboxylic acid groups (broad SMARTS) is 1. The number of benzene rings is 2. The molecule has 3 aromatic rings. The number of rotatable bonds is 11. The Morgan fingerprint density at radius 2 is 1.88 bits per heavy atom. The van der Waals surface area contributed by atoms with E-state index in [1.807, 2.05) is 24.3 Å². The molecule has 1 aliphatic heterocycles. The number of carbonyl (C=O) groups is 2. The van der Waals surface area contributed by atoms with Crippen molar-refractivity contribution in [3.8, 4) is 5.75 Å². The molecule has 1 amide bonds.